The number of amides is 1. The molecule has 0 radical (unpaired) electrons. The van der Waals surface area contributed by atoms with E-state index in [1.54, 1.807) is 17.5 Å². The van der Waals surface area contributed by atoms with Crippen molar-refractivity contribution in [3.05, 3.63) is 34.0 Å². The van der Waals surface area contributed by atoms with Crippen molar-refractivity contribution in [3.63, 3.8) is 0 Å². The van der Waals surface area contributed by atoms with E-state index < -0.39 is 0 Å². The van der Waals surface area contributed by atoms with Crippen molar-refractivity contribution in [3.8, 4) is 0 Å². The standard InChI is InChI=1S/C19H27N5O2S/c1-14-18(27-13-20-14)10-23-7-15-8-24(17(9-23)12-26-11-15)19(25)4-3-16-5-6-21-22(16)2/h5-6,13,15,17H,3-4,7-12H2,1-2H3/t15-,17-/m0/s1. The summed E-state index contributed by atoms with van der Waals surface area (Å²) in [5.41, 5.74) is 4.13. The van der Waals surface area contributed by atoms with Crippen LogP contribution in [0.3, 0.4) is 0 Å². The van der Waals surface area contributed by atoms with E-state index in [-0.39, 0.29) is 11.9 Å². The van der Waals surface area contributed by atoms with E-state index in [1.807, 2.05) is 23.3 Å². The van der Waals surface area contributed by atoms with Gasteiger partial charge in [-0.3, -0.25) is 14.4 Å². The largest absolute Gasteiger partial charge is 0.379 e. The Morgan fingerprint density at radius 1 is 1.33 bits per heavy atom. The van der Waals surface area contributed by atoms with Crippen LogP contribution in [0.1, 0.15) is 22.7 Å². The maximum absolute atomic E-state index is 13.0. The van der Waals surface area contributed by atoms with Gasteiger partial charge in [-0.15, -0.1) is 11.3 Å². The van der Waals surface area contributed by atoms with Gasteiger partial charge in [0.05, 0.1) is 30.5 Å². The summed E-state index contributed by atoms with van der Waals surface area (Å²) < 4.78 is 7.72. The topological polar surface area (TPSA) is 63.5 Å². The fraction of sp³-hybridized carbons (Fsp3) is 0.632. The van der Waals surface area contributed by atoms with Gasteiger partial charge < -0.3 is 9.64 Å². The molecule has 2 atom stereocenters. The van der Waals surface area contributed by atoms with Crippen molar-refractivity contribution >= 4 is 17.2 Å². The second-order valence-corrected chi connectivity index (χ2v) is 8.54. The van der Waals surface area contributed by atoms with Crippen molar-refractivity contribution in [1.82, 2.24) is 24.6 Å². The van der Waals surface area contributed by atoms with Crippen LogP contribution in [-0.4, -0.2) is 69.4 Å². The first-order valence-corrected chi connectivity index (χ1v) is 10.4. The molecule has 2 saturated heterocycles. The van der Waals surface area contributed by atoms with Gasteiger partial charge in [0.25, 0.3) is 0 Å². The number of aryl methyl sites for hydroxylation is 3. The van der Waals surface area contributed by atoms with Crippen LogP contribution in [0.2, 0.25) is 0 Å². The van der Waals surface area contributed by atoms with Crippen molar-refractivity contribution in [1.29, 1.82) is 0 Å². The average molecular weight is 390 g/mol. The van der Waals surface area contributed by atoms with E-state index in [4.69, 9.17) is 4.74 Å². The first kappa shape index (κ1) is 18.6. The van der Waals surface area contributed by atoms with E-state index in [2.05, 4.69) is 26.8 Å². The van der Waals surface area contributed by atoms with E-state index in [9.17, 15) is 4.79 Å². The molecule has 0 N–H and O–H groups in total. The molecule has 2 aliphatic heterocycles. The van der Waals surface area contributed by atoms with E-state index >= 15 is 0 Å². The summed E-state index contributed by atoms with van der Waals surface area (Å²) in [4.78, 5) is 23.2. The van der Waals surface area contributed by atoms with Gasteiger partial charge in [0.1, 0.15) is 0 Å². The molecular formula is C19H27N5O2S. The molecule has 27 heavy (non-hydrogen) atoms. The van der Waals surface area contributed by atoms with E-state index in [1.165, 1.54) is 4.88 Å². The summed E-state index contributed by atoms with van der Waals surface area (Å²) >= 11 is 1.72. The first-order valence-electron chi connectivity index (χ1n) is 9.55. The predicted molar refractivity (Wildman–Crippen MR) is 103 cm³/mol. The van der Waals surface area contributed by atoms with Crippen LogP contribution in [0, 0.1) is 12.8 Å². The summed E-state index contributed by atoms with van der Waals surface area (Å²) in [6.45, 7) is 6.99. The fourth-order valence-corrected chi connectivity index (χ4v) is 4.90. The van der Waals surface area contributed by atoms with Gasteiger partial charge in [-0.25, -0.2) is 4.98 Å². The fourth-order valence-electron chi connectivity index (χ4n) is 4.08. The zero-order valence-electron chi connectivity index (χ0n) is 16.0. The normalized spacial score (nSPS) is 23.4. The second kappa shape index (κ2) is 8.08. The van der Waals surface area contributed by atoms with Gasteiger partial charge in [-0.1, -0.05) is 0 Å². The molecule has 2 fully saturated rings. The number of fused-ring (bicyclic) bond motifs is 3. The molecule has 4 rings (SSSR count). The Morgan fingerprint density at radius 3 is 2.96 bits per heavy atom. The molecular weight excluding hydrogens is 362 g/mol. The lowest BCUT2D eigenvalue weighted by Crippen LogP contribution is -2.46. The maximum atomic E-state index is 13.0. The lowest BCUT2D eigenvalue weighted by Gasteiger charge is -2.31. The quantitative estimate of drug-likeness (QED) is 0.775. The SMILES string of the molecule is Cc1ncsc1CN1C[C@@H]2COC[C@H](C1)N(C(=O)CCc1ccnn1C)C2. The molecule has 2 aromatic rings. The van der Waals surface area contributed by atoms with Gasteiger partial charge >= 0.3 is 0 Å². The third kappa shape index (κ3) is 4.23. The molecule has 0 aliphatic carbocycles. The minimum Gasteiger partial charge on any atom is -0.379 e. The summed E-state index contributed by atoms with van der Waals surface area (Å²) in [5.74, 6) is 0.596. The van der Waals surface area contributed by atoms with Crippen molar-refractivity contribution in [2.75, 3.05) is 32.8 Å². The Balaban J connectivity index is 1.42. The molecule has 0 saturated carbocycles. The van der Waals surface area contributed by atoms with Crippen LogP contribution in [0.15, 0.2) is 17.8 Å². The smallest absolute Gasteiger partial charge is 0.223 e. The molecule has 0 spiro atoms. The Morgan fingerprint density at radius 2 is 2.22 bits per heavy atom. The van der Waals surface area contributed by atoms with Crippen LogP contribution in [-0.2, 0) is 29.5 Å². The van der Waals surface area contributed by atoms with Crippen molar-refractivity contribution < 1.29 is 9.53 Å². The highest BCUT2D eigenvalue weighted by Gasteiger charge is 2.35. The molecule has 2 aromatic heterocycles. The molecule has 2 bridgehead atoms. The second-order valence-electron chi connectivity index (χ2n) is 7.60. The van der Waals surface area contributed by atoms with Crippen LogP contribution in [0.4, 0.5) is 0 Å². The number of ether oxygens (including phenoxy) is 1. The lowest BCUT2D eigenvalue weighted by molar-refractivity contribution is -0.133. The molecule has 8 heteroatoms. The van der Waals surface area contributed by atoms with Gasteiger partial charge in [0.2, 0.25) is 5.91 Å². The molecule has 7 nitrogen and oxygen atoms in total. The van der Waals surface area contributed by atoms with Gasteiger partial charge in [0, 0.05) is 62.3 Å². The monoisotopic (exact) mass is 389 g/mol. The number of nitrogens with zero attached hydrogens (tertiary/aromatic N) is 5. The number of carbonyl (C=O) groups is 1. The summed E-state index contributed by atoms with van der Waals surface area (Å²) in [5, 5.41) is 4.19. The molecule has 0 unspecified atom stereocenters. The average Bonchev–Trinajstić information content (AvgIpc) is 3.10. The third-order valence-corrected chi connectivity index (χ3v) is 6.51. The third-order valence-electron chi connectivity index (χ3n) is 5.59. The number of hydrogen-bond acceptors (Lipinski definition) is 6. The Labute approximate surface area is 163 Å². The highest BCUT2D eigenvalue weighted by molar-refractivity contribution is 7.09. The van der Waals surface area contributed by atoms with Gasteiger partial charge in [0.15, 0.2) is 0 Å². The number of aromatic nitrogens is 3. The Hall–Kier alpha value is -1.77. The van der Waals surface area contributed by atoms with E-state index in [0.29, 0.717) is 18.9 Å². The molecule has 1 amide bonds. The lowest BCUT2D eigenvalue weighted by atomic mass is 10.1. The van der Waals surface area contributed by atoms with Crippen LogP contribution >= 0.6 is 11.3 Å². The van der Waals surface area contributed by atoms with Crippen LogP contribution < -0.4 is 0 Å². The van der Waals surface area contributed by atoms with Gasteiger partial charge in [-0.2, -0.15) is 5.10 Å². The Kier molecular flexibility index (Phi) is 5.56. The number of hydrogen-bond donors (Lipinski definition) is 0. The highest BCUT2D eigenvalue weighted by Crippen LogP contribution is 2.24. The molecule has 0 aromatic carbocycles. The van der Waals surface area contributed by atoms with Crippen LogP contribution in [0.5, 0.6) is 0 Å². The van der Waals surface area contributed by atoms with E-state index in [0.717, 1.165) is 50.6 Å². The predicted octanol–water partition coefficient (Wildman–Crippen LogP) is 1.48. The maximum Gasteiger partial charge on any atom is 0.223 e. The molecule has 2 aliphatic rings. The van der Waals surface area contributed by atoms with Crippen molar-refractivity contribution in [2.24, 2.45) is 13.0 Å². The Bertz CT molecular complexity index is 789. The minimum atomic E-state index is 0.129. The number of rotatable bonds is 5. The zero-order valence-corrected chi connectivity index (χ0v) is 16.8. The summed E-state index contributed by atoms with van der Waals surface area (Å²) in [6, 6.07) is 2.11. The highest BCUT2D eigenvalue weighted by atomic mass is 32.1. The van der Waals surface area contributed by atoms with Crippen LogP contribution in [0.25, 0.3) is 0 Å². The zero-order chi connectivity index (χ0) is 18.8. The minimum absolute atomic E-state index is 0.129. The first-order chi connectivity index (χ1) is 13.1. The molecule has 146 valence electrons. The van der Waals surface area contributed by atoms with Crippen molar-refractivity contribution in [2.45, 2.75) is 32.4 Å². The summed E-state index contributed by atoms with van der Waals surface area (Å²) in [6.07, 6.45) is 3.04. The molecule has 4 heterocycles. The van der Waals surface area contributed by atoms with Gasteiger partial charge in [-0.05, 0) is 19.4 Å². The summed E-state index contributed by atoms with van der Waals surface area (Å²) in [7, 11) is 1.92. The number of thiazole rings is 1. The number of carbonyl (C=O) groups excluding carboxylic acids is 1.